The Balaban J connectivity index is 2.62. The Kier molecular flexibility index (Phi) is 3.90. The van der Waals surface area contributed by atoms with Gasteiger partial charge in [-0.2, -0.15) is 5.10 Å². The van der Waals surface area contributed by atoms with Crippen LogP contribution in [0.25, 0.3) is 11.1 Å². The van der Waals surface area contributed by atoms with E-state index in [0.717, 1.165) is 16.8 Å². The number of benzene rings is 1. The molecule has 2 aromatic rings. The Morgan fingerprint density at radius 3 is 2.53 bits per heavy atom. The largest absolute Gasteiger partial charge is 0.407 e. The number of carbonyl (C=O) groups is 1. The van der Waals surface area contributed by atoms with Crippen molar-refractivity contribution in [3.05, 3.63) is 36.0 Å². The van der Waals surface area contributed by atoms with Gasteiger partial charge in [-0.15, -0.1) is 0 Å². The molecular formula is C14H15ClN2O2. The Hall–Kier alpha value is -1.81. The molecule has 1 unspecified atom stereocenters. The van der Waals surface area contributed by atoms with Crippen LogP contribution < -0.4 is 4.74 Å². The summed E-state index contributed by atoms with van der Waals surface area (Å²) in [6.45, 7) is 5.00. The van der Waals surface area contributed by atoms with Crippen molar-refractivity contribution in [2.75, 3.05) is 0 Å². The number of esters is 1. The summed E-state index contributed by atoms with van der Waals surface area (Å²) in [6, 6.07) is 9.67. The molecule has 4 nitrogen and oxygen atoms in total. The predicted molar refractivity (Wildman–Crippen MR) is 74.3 cm³/mol. The fourth-order valence-corrected chi connectivity index (χ4v) is 2.07. The van der Waals surface area contributed by atoms with Crippen molar-refractivity contribution < 1.29 is 9.53 Å². The van der Waals surface area contributed by atoms with Crippen LogP contribution in [-0.4, -0.2) is 15.7 Å². The summed E-state index contributed by atoms with van der Waals surface area (Å²) < 4.78 is 6.80. The van der Waals surface area contributed by atoms with Gasteiger partial charge in [0.25, 0.3) is 0 Å². The second kappa shape index (κ2) is 5.45. The molecule has 0 fully saturated rings. The fourth-order valence-electron chi connectivity index (χ4n) is 1.94. The Labute approximate surface area is 116 Å². The standard InChI is InChI=1S/C14H15ClN2O2/c1-9-13(12-7-5-4-6-8-12)14(19-11(3)18)17(16-9)10(2)15/h4-8,10H,1-3H3. The maximum atomic E-state index is 11.3. The quantitative estimate of drug-likeness (QED) is 0.637. The first-order chi connectivity index (χ1) is 9.00. The zero-order valence-electron chi connectivity index (χ0n) is 11.1. The lowest BCUT2D eigenvalue weighted by atomic mass is 10.1. The van der Waals surface area contributed by atoms with Gasteiger partial charge in [-0.1, -0.05) is 41.9 Å². The van der Waals surface area contributed by atoms with Crippen LogP contribution in [0.2, 0.25) is 0 Å². The number of alkyl halides is 1. The first-order valence-corrected chi connectivity index (χ1v) is 6.41. The highest BCUT2D eigenvalue weighted by molar-refractivity contribution is 6.18. The van der Waals surface area contributed by atoms with Gasteiger partial charge in [-0.25, -0.2) is 4.68 Å². The van der Waals surface area contributed by atoms with Crippen LogP contribution in [0, 0.1) is 6.92 Å². The Morgan fingerprint density at radius 1 is 1.37 bits per heavy atom. The molecule has 0 aliphatic rings. The van der Waals surface area contributed by atoms with Gasteiger partial charge in [0.15, 0.2) is 0 Å². The molecule has 0 aliphatic carbocycles. The molecule has 0 radical (unpaired) electrons. The van der Waals surface area contributed by atoms with E-state index in [4.69, 9.17) is 16.3 Å². The Bertz CT molecular complexity index is 591. The third kappa shape index (κ3) is 2.79. The zero-order valence-corrected chi connectivity index (χ0v) is 11.8. The summed E-state index contributed by atoms with van der Waals surface area (Å²) in [6.07, 6.45) is 0. The number of nitrogens with zero attached hydrogens (tertiary/aromatic N) is 2. The van der Waals surface area contributed by atoms with E-state index in [0.29, 0.717) is 5.88 Å². The number of halogens is 1. The normalized spacial score (nSPS) is 12.2. The van der Waals surface area contributed by atoms with Gasteiger partial charge in [-0.05, 0) is 19.4 Å². The van der Waals surface area contributed by atoms with E-state index in [1.807, 2.05) is 37.3 Å². The van der Waals surface area contributed by atoms with Crippen LogP contribution in [0.3, 0.4) is 0 Å². The second-order valence-electron chi connectivity index (χ2n) is 4.24. The minimum Gasteiger partial charge on any atom is -0.407 e. The number of carbonyl (C=O) groups excluding carboxylic acids is 1. The van der Waals surface area contributed by atoms with Crippen LogP contribution in [0.1, 0.15) is 25.0 Å². The number of rotatable bonds is 3. The average molecular weight is 279 g/mol. The van der Waals surface area contributed by atoms with E-state index in [-0.39, 0.29) is 0 Å². The number of aromatic nitrogens is 2. The minimum absolute atomic E-state index is 0.388. The molecule has 1 heterocycles. The number of hydrogen-bond donors (Lipinski definition) is 0. The molecule has 1 atom stereocenters. The monoisotopic (exact) mass is 278 g/mol. The molecule has 2 rings (SSSR count). The molecule has 19 heavy (non-hydrogen) atoms. The third-order valence-electron chi connectivity index (χ3n) is 2.68. The van der Waals surface area contributed by atoms with Crippen LogP contribution in [0.4, 0.5) is 0 Å². The maximum absolute atomic E-state index is 11.3. The number of aryl methyl sites for hydroxylation is 1. The lowest BCUT2D eigenvalue weighted by Gasteiger charge is -2.10. The van der Waals surface area contributed by atoms with Gasteiger partial charge < -0.3 is 4.74 Å². The van der Waals surface area contributed by atoms with Gasteiger partial charge in [0, 0.05) is 6.92 Å². The van der Waals surface area contributed by atoms with Gasteiger partial charge in [0.05, 0.1) is 11.3 Å². The highest BCUT2D eigenvalue weighted by Gasteiger charge is 2.21. The maximum Gasteiger partial charge on any atom is 0.309 e. The first kappa shape index (κ1) is 13.6. The molecule has 5 heteroatoms. The SMILES string of the molecule is CC(=O)Oc1c(-c2ccccc2)c(C)nn1C(C)Cl. The van der Waals surface area contributed by atoms with Crippen LogP contribution in [-0.2, 0) is 4.79 Å². The zero-order chi connectivity index (χ0) is 14.0. The minimum atomic E-state index is -0.398. The van der Waals surface area contributed by atoms with Gasteiger partial charge >= 0.3 is 5.97 Å². The summed E-state index contributed by atoms with van der Waals surface area (Å²) in [5.74, 6) is -0.00523. The van der Waals surface area contributed by atoms with Crippen LogP contribution in [0.5, 0.6) is 5.88 Å². The molecule has 0 saturated carbocycles. The summed E-state index contributed by atoms with van der Waals surface area (Å²) in [7, 11) is 0. The third-order valence-corrected chi connectivity index (χ3v) is 2.87. The van der Waals surface area contributed by atoms with E-state index in [2.05, 4.69) is 5.10 Å². The number of ether oxygens (including phenoxy) is 1. The molecule has 1 aromatic carbocycles. The summed E-state index contributed by atoms with van der Waals surface area (Å²) >= 11 is 6.07. The van der Waals surface area contributed by atoms with Crippen molar-refractivity contribution in [3.8, 4) is 17.0 Å². The first-order valence-electron chi connectivity index (χ1n) is 5.97. The molecule has 0 aliphatic heterocycles. The van der Waals surface area contributed by atoms with E-state index < -0.39 is 11.5 Å². The summed E-state index contributed by atoms with van der Waals surface area (Å²) in [5, 5.41) is 4.35. The summed E-state index contributed by atoms with van der Waals surface area (Å²) in [4.78, 5) is 11.3. The fraction of sp³-hybridized carbons (Fsp3) is 0.286. The van der Waals surface area contributed by atoms with Gasteiger partial charge in [0.2, 0.25) is 5.88 Å². The van der Waals surface area contributed by atoms with Crippen molar-refractivity contribution in [2.24, 2.45) is 0 Å². The van der Waals surface area contributed by atoms with Crippen LogP contribution >= 0.6 is 11.6 Å². The molecule has 1 aromatic heterocycles. The molecule has 0 spiro atoms. The van der Waals surface area contributed by atoms with Crippen molar-refractivity contribution in [3.63, 3.8) is 0 Å². The molecule has 0 bridgehead atoms. The highest BCUT2D eigenvalue weighted by atomic mass is 35.5. The van der Waals surface area contributed by atoms with Crippen molar-refractivity contribution >= 4 is 17.6 Å². The van der Waals surface area contributed by atoms with E-state index in [9.17, 15) is 4.79 Å². The van der Waals surface area contributed by atoms with Crippen molar-refractivity contribution in [1.82, 2.24) is 9.78 Å². The predicted octanol–water partition coefficient (Wildman–Crippen LogP) is 3.54. The van der Waals surface area contributed by atoms with Gasteiger partial charge in [-0.3, -0.25) is 4.79 Å². The molecule has 0 N–H and O–H groups in total. The summed E-state index contributed by atoms with van der Waals surface area (Å²) in [5.41, 5.74) is 2.11. The second-order valence-corrected chi connectivity index (χ2v) is 4.88. The van der Waals surface area contributed by atoms with Crippen molar-refractivity contribution in [1.29, 1.82) is 0 Å². The highest BCUT2D eigenvalue weighted by Crippen LogP contribution is 2.35. The van der Waals surface area contributed by atoms with E-state index >= 15 is 0 Å². The topological polar surface area (TPSA) is 44.1 Å². The van der Waals surface area contributed by atoms with E-state index in [1.165, 1.54) is 11.6 Å². The van der Waals surface area contributed by atoms with E-state index in [1.54, 1.807) is 6.92 Å². The lowest BCUT2D eigenvalue weighted by molar-refractivity contribution is -0.132. The average Bonchev–Trinajstić information content (AvgIpc) is 2.66. The Morgan fingerprint density at radius 2 is 2.00 bits per heavy atom. The molecular weight excluding hydrogens is 264 g/mol. The molecule has 0 amide bonds. The lowest BCUT2D eigenvalue weighted by Crippen LogP contribution is -2.09. The van der Waals surface area contributed by atoms with Crippen LogP contribution in [0.15, 0.2) is 30.3 Å². The van der Waals surface area contributed by atoms with Gasteiger partial charge in [0.1, 0.15) is 5.50 Å². The molecule has 0 saturated heterocycles. The molecule has 100 valence electrons. The smallest absolute Gasteiger partial charge is 0.309 e. The number of hydrogen-bond acceptors (Lipinski definition) is 3. The van der Waals surface area contributed by atoms with Crippen molar-refractivity contribution in [2.45, 2.75) is 26.3 Å².